The number of nitrogens with one attached hydrogen (secondary N) is 1. The van der Waals surface area contributed by atoms with Crippen LogP contribution in [0, 0.1) is 0 Å². The summed E-state index contributed by atoms with van der Waals surface area (Å²) in [4.78, 5) is 0. The van der Waals surface area contributed by atoms with E-state index in [1.54, 1.807) is 0 Å². The van der Waals surface area contributed by atoms with Crippen LogP contribution in [0.1, 0.15) is 12.8 Å². The van der Waals surface area contributed by atoms with Crippen molar-refractivity contribution in [2.45, 2.75) is 19.0 Å². The van der Waals surface area contributed by atoms with Gasteiger partial charge in [-0.2, -0.15) is 0 Å². The molecular weight excluding hydrogens is 124 g/mol. The normalized spacial score (nSPS) is 20.4. The molecule has 0 saturated carbocycles. The Bertz CT molecular complexity index is 159. The van der Waals surface area contributed by atoms with E-state index in [1.807, 2.05) is 7.05 Å². The quantitative estimate of drug-likeness (QED) is 0.553. The number of hydrogen-bond acceptors (Lipinski definition) is 2. The molecule has 1 unspecified atom stereocenters. The van der Waals surface area contributed by atoms with Gasteiger partial charge in [0.1, 0.15) is 0 Å². The van der Waals surface area contributed by atoms with E-state index in [2.05, 4.69) is 23.5 Å². The molecule has 2 nitrogen and oxygen atoms in total. The monoisotopic (exact) mass is 138 g/mol. The lowest BCUT2D eigenvalue weighted by Crippen LogP contribution is -2.35. The minimum absolute atomic E-state index is 0.0107. The Morgan fingerprint density at radius 3 is 2.90 bits per heavy atom. The summed E-state index contributed by atoms with van der Waals surface area (Å²) in [6.45, 7) is 0. The lowest BCUT2D eigenvalue weighted by atomic mass is 10.1. The average molecular weight is 138 g/mol. The van der Waals surface area contributed by atoms with Crippen molar-refractivity contribution in [3.63, 3.8) is 0 Å². The van der Waals surface area contributed by atoms with Crippen LogP contribution >= 0.6 is 0 Å². The first kappa shape index (κ1) is 7.51. The summed E-state index contributed by atoms with van der Waals surface area (Å²) in [6, 6.07) is 0. The Labute approximate surface area is 61.8 Å². The molecule has 0 spiro atoms. The zero-order chi connectivity index (χ0) is 7.40. The van der Waals surface area contributed by atoms with Crippen molar-refractivity contribution in [1.82, 2.24) is 5.32 Å². The fourth-order valence-corrected chi connectivity index (χ4v) is 1.03. The topological polar surface area (TPSA) is 38.0 Å². The predicted octanol–water partition coefficient (Wildman–Crippen LogP) is 0.767. The van der Waals surface area contributed by atoms with E-state index in [1.165, 1.54) is 5.57 Å². The van der Waals surface area contributed by atoms with Crippen LogP contribution in [0.5, 0.6) is 0 Å². The van der Waals surface area contributed by atoms with Gasteiger partial charge in [-0.05, 0) is 25.5 Å². The van der Waals surface area contributed by atoms with Crippen molar-refractivity contribution in [2.24, 2.45) is 5.73 Å². The van der Waals surface area contributed by atoms with Crippen LogP contribution in [0.4, 0.5) is 0 Å². The molecule has 0 aromatic carbocycles. The Morgan fingerprint density at radius 1 is 1.60 bits per heavy atom. The Morgan fingerprint density at radius 2 is 2.40 bits per heavy atom. The molecule has 1 aliphatic rings. The Kier molecular flexibility index (Phi) is 2.66. The van der Waals surface area contributed by atoms with E-state index < -0.39 is 0 Å². The van der Waals surface area contributed by atoms with Gasteiger partial charge in [-0.15, -0.1) is 0 Å². The first-order valence-corrected chi connectivity index (χ1v) is 3.64. The van der Waals surface area contributed by atoms with Crippen molar-refractivity contribution >= 4 is 0 Å². The lowest BCUT2D eigenvalue weighted by Gasteiger charge is -2.13. The maximum Gasteiger partial charge on any atom is 0.0804 e. The van der Waals surface area contributed by atoms with Gasteiger partial charge in [-0.3, -0.25) is 0 Å². The van der Waals surface area contributed by atoms with E-state index in [4.69, 9.17) is 5.73 Å². The van der Waals surface area contributed by atoms with Gasteiger partial charge >= 0.3 is 0 Å². The molecule has 0 aromatic rings. The third-order valence-corrected chi connectivity index (χ3v) is 1.69. The molecule has 1 rings (SSSR count). The smallest absolute Gasteiger partial charge is 0.0804 e. The number of nitrogens with two attached hydrogens (primary N) is 1. The molecule has 0 aromatic heterocycles. The van der Waals surface area contributed by atoms with Gasteiger partial charge in [0.25, 0.3) is 0 Å². The zero-order valence-electron chi connectivity index (χ0n) is 6.30. The van der Waals surface area contributed by atoms with E-state index in [0.717, 1.165) is 12.8 Å². The molecule has 0 bridgehead atoms. The van der Waals surface area contributed by atoms with E-state index in [-0.39, 0.29) is 6.17 Å². The summed E-state index contributed by atoms with van der Waals surface area (Å²) in [7, 11) is 1.87. The maximum absolute atomic E-state index is 5.72. The molecule has 2 heteroatoms. The maximum atomic E-state index is 5.72. The minimum atomic E-state index is 0.0107. The number of allylic oxidation sites excluding steroid dienone is 2. The van der Waals surface area contributed by atoms with Crippen LogP contribution in [-0.2, 0) is 0 Å². The molecule has 0 radical (unpaired) electrons. The summed E-state index contributed by atoms with van der Waals surface area (Å²) < 4.78 is 0. The highest BCUT2D eigenvalue weighted by Crippen LogP contribution is 2.10. The minimum Gasteiger partial charge on any atom is -0.312 e. The summed E-state index contributed by atoms with van der Waals surface area (Å²) in [5.74, 6) is 0. The van der Waals surface area contributed by atoms with Crippen LogP contribution in [0.3, 0.4) is 0 Å². The van der Waals surface area contributed by atoms with Crippen LogP contribution in [0.15, 0.2) is 23.8 Å². The third kappa shape index (κ3) is 1.69. The average Bonchev–Trinajstić information content (AvgIpc) is 2.05. The molecular formula is C8H14N2. The van der Waals surface area contributed by atoms with Gasteiger partial charge in [0.05, 0.1) is 6.17 Å². The first-order valence-electron chi connectivity index (χ1n) is 3.64. The number of rotatable bonds is 2. The fraction of sp³-hybridized carbons (Fsp3) is 0.500. The van der Waals surface area contributed by atoms with Gasteiger partial charge < -0.3 is 11.1 Å². The Balaban J connectivity index is 2.54. The second-order valence-electron chi connectivity index (χ2n) is 2.45. The Hall–Kier alpha value is -0.600. The van der Waals surface area contributed by atoms with Gasteiger partial charge in [0.2, 0.25) is 0 Å². The molecule has 3 N–H and O–H groups in total. The molecule has 0 amide bonds. The largest absolute Gasteiger partial charge is 0.312 e. The first-order chi connectivity index (χ1) is 4.84. The van der Waals surface area contributed by atoms with Crippen LogP contribution in [0.2, 0.25) is 0 Å². The van der Waals surface area contributed by atoms with E-state index in [9.17, 15) is 0 Å². The highest BCUT2D eigenvalue weighted by molar-refractivity contribution is 5.26. The van der Waals surface area contributed by atoms with Crippen LogP contribution in [0.25, 0.3) is 0 Å². The fourth-order valence-electron chi connectivity index (χ4n) is 1.03. The molecule has 1 aliphatic carbocycles. The van der Waals surface area contributed by atoms with Gasteiger partial charge in [-0.1, -0.05) is 18.2 Å². The predicted molar refractivity (Wildman–Crippen MR) is 43.5 cm³/mol. The van der Waals surface area contributed by atoms with Crippen molar-refractivity contribution in [2.75, 3.05) is 7.05 Å². The summed E-state index contributed by atoms with van der Waals surface area (Å²) in [6.07, 6.45) is 8.72. The summed E-state index contributed by atoms with van der Waals surface area (Å²) in [5.41, 5.74) is 6.92. The highest BCUT2D eigenvalue weighted by Gasteiger charge is 2.03. The summed E-state index contributed by atoms with van der Waals surface area (Å²) in [5, 5.41) is 2.99. The highest BCUT2D eigenvalue weighted by atomic mass is 15.0. The van der Waals surface area contributed by atoms with E-state index >= 15 is 0 Å². The molecule has 1 atom stereocenters. The van der Waals surface area contributed by atoms with Gasteiger partial charge in [0, 0.05) is 0 Å². The summed E-state index contributed by atoms with van der Waals surface area (Å²) >= 11 is 0. The van der Waals surface area contributed by atoms with Crippen molar-refractivity contribution in [3.05, 3.63) is 23.8 Å². The zero-order valence-corrected chi connectivity index (χ0v) is 6.30. The molecule has 0 heterocycles. The van der Waals surface area contributed by atoms with Crippen LogP contribution in [-0.4, -0.2) is 13.2 Å². The lowest BCUT2D eigenvalue weighted by molar-refractivity contribution is 0.669. The molecule has 0 saturated heterocycles. The molecule has 10 heavy (non-hydrogen) atoms. The van der Waals surface area contributed by atoms with E-state index in [0.29, 0.717) is 0 Å². The second kappa shape index (κ2) is 3.54. The second-order valence-corrected chi connectivity index (χ2v) is 2.45. The van der Waals surface area contributed by atoms with Crippen molar-refractivity contribution in [1.29, 1.82) is 0 Å². The molecule has 0 aliphatic heterocycles. The van der Waals surface area contributed by atoms with Gasteiger partial charge in [-0.25, -0.2) is 0 Å². The van der Waals surface area contributed by atoms with Crippen molar-refractivity contribution < 1.29 is 0 Å². The molecule has 56 valence electrons. The standard InChI is InChI=1S/C8H14N2/c1-10-8(9)7-5-3-2-4-6-7/h3,5-6,8,10H,2,4,9H2,1H3. The van der Waals surface area contributed by atoms with Crippen LogP contribution < -0.4 is 11.1 Å². The SMILES string of the molecule is CNC(N)C1=CCCC=C1. The third-order valence-electron chi connectivity index (χ3n) is 1.69. The number of likely N-dealkylation sites (N-methyl/N-ethyl adjacent to an activating group) is 1. The van der Waals surface area contributed by atoms with Gasteiger partial charge in [0.15, 0.2) is 0 Å². The molecule has 0 fully saturated rings. The number of hydrogen-bond donors (Lipinski definition) is 2. The van der Waals surface area contributed by atoms with Crippen molar-refractivity contribution in [3.8, 4) is 0 Å².